The molecule has 94 valence electrons. The third-order valence-corrected chi connectivity index (χ3v) is 4.90. The van der Waals surface area contributed by atoms with E-state index in [-0.39, 0.29) is 10.7 Å². The number of amides is 1. The van der Waals surface area contributed by atoms with Gasteiger partial charge in [0.2, 0.25) is 5.91 Å². The lowest BCUT2D eigenvalue weighted by atomic mass is 9.89. The molecule has 16 heavy (non-hydrogen) atoms. The van der Waals surface area contributed by atoms with Crippen LogP contribution in [0.5, 0.6) is 0 Å². The van der Waals surface area contributed by atoms with E-state index in [2.05, 4.69) is 29.8 Å². The molecule has 0 aromatic heterocycles. The maximum Gasteiger partial charge on any atom is 0.236 e. The minimum absolute atomic E-state index is 0.0268. The molecule has 0 saturated heterocycles. The first-order valence-corrected chi connectivity index (χ1v) is 7.33. The number of hydrogen-bond acceptors (Lipinski definition) is 1. The van der Waals surface area contributed by atoms with Crippen molar-refractivity contribution >= 4 is 21.8 Å². The molecular formula is C13H24BrNO. The smallest absolute Gasteiger partial charge is 0.236 e. The van der Waals surface area contributed by atoms with Crippen molar-refractivity contribution in [1.29, 1.82) is 0 Å². The molecule has 0 bridgehead atoms. The van der Waals surface area contributed by atoms with Crippen LogP contribution in [-0.2, 0) is 4.79 Å². The number of alkyl halides is 1. The van der Waals surface area contributed by atoms with Gasteiger partial charge in [-0.15, -0.1) is 0 Å². The Morgan fingerprint density at radius 3 is 2.38 bits per heavy atom. The molecule has 0 aromatic carbocycles. The minimum Gasteiger partial charge on any atom is -0.345 e. The van der Waals surface area contributed by atoms with Crippen LogP contribution in [0.3, 0.4) is 0 Å². The zero-order chi connectivity index (χ0) is 12.1. The van der Waals surface area contributed by atoms with Gasteiger partial charge in [-0.05, 0) is 24.7 Å². The fourth-order valence-electron chi connectivity index (χ4n) is 2.34. The van der Waals surface area contributed by atoms with Crippen LogP contribution in [0.1, 0.15) is 46.0 Å². The molecule has 2 nitrogen and oxygen atoms in total. The van der Waals surface area contributed by atoms with E-state index in [9.17, 15) is 4.79 Å². The summed E-state index contributed by atoms with van der Waals surface area (Å²) in [5.41, 5.74) is 0. The Balaban J connectivity index is 2.38. The van der Waals surface area contributed by atoms with Gasteiger partial charge in [0.25, 0.3) is 0 Å². The number of nitrogens with zero attached hydrogens (tertiary/aromatic N) is 1. The molecule has 0 spiro atoms. The van der Waals surface area contributed by atoms with Crippen LogP contribution < -0.4 is 0 Å². The Morgan fingerprint density at radius 2 is 1.88 bits per heavy atom. The van der Waals surface area contributed by atoms with E-state index in [4.69, 9.17) is 0 Å². The fraction of sp³-hybridized carbons (Fsp3) is 0.923. The Bertz CT molecular complexity index is 224. The van der Waals surface area contributed by atoms with Crippen LogP contribution in [0.2, 0.25) is 0 Å². The monoisotopic (exact) mass is 289 g/mol. The van der Waals surface area contributed by atoms with Crippen molar-refractivity contribution < 1.29 is 4.79 Å². The van der Waals surface area contributed by atoms with Crippen LogP contribution >= 0.6 is 15.9 Å². The highest BCUT2D eigenvalue weighted by atomic mass is 79.9. The van der Waals surface area contributed by atoms with Crippen LogP contribution in [0, 0.1) is 11.8 Å². The molecule has 0 aromatic rings. The normalized spacial score (nSPS) is 19.8. The topological polar surface area (TPSA) is 20.3 Å². The lowest BCUT2D eigenvalue weighted by Gasteiger charge is -2.29. The van der Waals surface area contributed by atoms with E-state index >= 15 is 0 Å². The number of rotatable bonds is 4. The Labute approximate surface area is 108 Å². The standard InChI is InChI=1S/C13H24BrNO/c1-10(2)12(14)13(16)15(3)9-11-7-5-4-6-8-11/h10-12H,4-9H2,1-3H3. The molecule has 1 saturated carbocycles. The largest absolute Gasteiger partial charge is 0.345 e. The van der Waals surface area contributed by atoms with Crippen molar-refractivity contribution in [2.75, 3.05) is 13.6 Å². The summed E-state index contributed by atoms with van der Waals surface area (Å²) in [6.45, 7) is 5.09. The highest BCUT2D eigenvalue weighted by Gasteiger charge is 2.24. The maximum absolute atomic E-state index is 12.0. The summed E-state index contributed by atoms with van der Waals surface area (Å²) in [4.78, 5) is 13.9. The van der Waals surface area contributed by atoms with Crippen LogP contribution in [-0.4, -0.2) is 29.2 Å². The molecule has 0 N–H and O–H groups in total. The zero-order valence-corrected chi connectivity index (χ0v) is 12.3. The summed E-state index contributed by atoms with van der Waals surface area (Å²) in [7, 11) is 1.94. The van der Waals surface area contributed by atoms with Gasteiger partial charge in [-0.3, -0.25) is 4.79 Å². The molecule has 0 radical (unpaired) electrons. The van der Waals surface area contributed by atoms with Crippen molar-refractivity contribution in [3.63, 3.8) is 0 Å². The van der Waals surface area contributed by atoms with Crippen molar-refractivity contribution in [3.05, 3.63) is 0 Å². The van der Waals surface area contributed by atoms with Gasteiger partial charge in [-0.1, -0.05) is 49.0 Å². The van der Waals surface area contributed by atoms with Gasteiger partial charge < -0.3 is 4.90 Å². The minimum atomic E-state index is -0.0268. The summed E-state index contributed by atoms with van der Waals surface area (Å²) in [5.74, 6) is 1.33. The zero-order valence-electron chi connectivity index (χ0n) is 10.7. The van der Waals surface area contributed by atoms with Crippen LogP contribution in [0.4, 0.5) is 0 Å². The SMILES string of the molecule is CC(C)C(Br)C(=O)N(C)CC1CCCCC1. The molecule has 0 aliphatic heterocycles. The summed E-state index contributed by atoms with van der Waals surface area (Å²) < 4.78 is 0. The van der Waals surface area contributed by atoms with Gasteiger partial charge in [0.15, 0.2) is 0 Å². The van der Waals surface area contributed by atoms with Crippen molar-refractivity contribution in [3.8, 4) is 0 Å². The molecule has 1 aliphatic rings. The first-order chi connectivity index (χ1) is 7.52. The average molecular weight is 290 g/mol. The highest BCUT2D eigenvalue weighted by Crippen LogP contribution is 2.25. The Hall–Kier alpha value is -0.0500. The third-order valence-electron chi connectivity index (χ3n) is 3.45. The predicted molar refractivity (Wildman–Crippen MR) is 71.8 cm³/mol. The second-order valence-corrected chi connectivity index (χ2v) is 6.36. The summed E-state index contributed by atoms with van der Waals surface area (Å²) in [6.07, 6.45) is 6.66. The third kappa shape index (κ3) is 4.08. The maximum atomic E-state index is 12.0. The van der Waals surface area contributed by atoms with Gasteiger partial charge in [-0.25, -0.2) is 0 Å². The van der Waals surface area contributed by atoms with Crippen LogP contribution in [0.25, 0.3) is 0 Å². The summed E-state index contributed by atoms with van der Waals surface area (Å²) >= 11 is 3.48. The first-order valence-electron chi connectivity index (χ1n) is 6.41. The average Bonchev–Trinajstić information content (AvgIpc) is 2.28. The van der Waals surface area contributed by atoms with Crippen molar-refractivity contribution in [1.82, 2.24) is 4.90 Å². The first kappa shape index (κ1) is 14.0. The van der Waals surface area contributed by atoms with Gasteiger partial charge in [-0.2, -0.15) is 0 Å². The number of hydrogen-bond donors (Lipinski definition) is 0. The second kappa shape index (κ2) is 6.63. The van der Waals surface area contributed by atoms with Crippen molar-refractivity contribution in [2.45, 2.75) is 50.8 Å². The fourth-order valence-corrected chi connectivity index (χ4v) is 2.69. The van der Waals surface area contributed by atoms with Crippen LogP contribution in [0.15, 0.2) is 0 Å². The molecule has 1 amide bonds. The molecule has 3 heteroatoms. The van der Waals surface area contributed by atoms with E-state index in [1.807, 2.05) is 11.9 Å². The molecule has 1 rings (SSSR count). The molecule has 1 unspecified atom stereocenters. The highest BCUT2D eigenvalue weighted by molar-refractivity contribution is 9.10. The Morgan fingerprint density at radius 1 is 1.31 bits per heavy atom. The van der Waals surface area contributed by atoms with Gasteiger partial charge in [0.05, 0.1) is 4.83 Å². The van der Waals surface area contributed by atoms with Crippen molar-refractivity contribution in [2.24, 2.45) is 11.8 Å². The number of halogens is 1. The van der Waals surface area contributed by atoms with Gasteiger partial charge in [0.1, 0.15) is 0 Å². The van der Waals surface area contributed by atoms with E-state index in [0.29, 0.717) is 5.92 Å². The van der Waals surface area contributed by atoms with Gasteiger partial charge >= 0.3 is 0 Å². The molecule has 1 atom stereocenters. The quantitative estimate of drug-likeness (QED) is 0.726. The molecule has 0 heterocycles. The summed E-state index contributed by atoms with van der Waals surface area (Å²) in [6, 6.07) is 0. The van der Waals surface area contributed by atoms with Gasteiger partial charge in [0, 0.05) is 13.6 Å². The van der Waals surface area contributed by atoms with E-state index < -0.39 is 0 Å². The number of carbonyl (C=O) groups excluding carboxylic acids is 1. The lowest BCUT2D eigenvalue weighted by molar-refractivity contribution is -0.130. The molecular weight excluding hydrogens is 266 g/mol. The summed E-state index contributed by atoms with van der Waals surface area (Å²) in [5, 5.41) is 0. The Kier molecular flexibility index (Phi) is 5.81. The van der Waals surface area contributed by atoms with E-state index in [1.54, 1.807) is 0 Å². The molecule has 1 fully saturated rings. The number of carbonyl (C=O) groups is 1. The molecule has 1 aliphatic carbocycles. The van der Waals surface area contributed by atoms with E-state index in [1.165, 1.54) is 32.1 Å². The second-order valence-electron chi connectivity index (χ2n) is 5.37. The van der Waals surface area contributed by atoms with E-state index in [0.717, 1.165) is 12.5 Å². The predicted octanol–water partition coefficient (Wildman–Crippen LogP) is 3.44. The lowest BCUT2D eigenvalue weighted by Crippen LogP contribution is -2.39.